The first-order valence-electron chi connectivity index (χ1n) is 9.69. The van der Waals surface area contributed by atoms with Crippen molar-refractivity contribution in [2.24, 2.45) is 0 Å². The highest BCUT2D eigenvalue weighted by molar-refractivity contribution is 5.77. The molecule has 3 rings (SSSR count). The lowest BCUT2D eigenvalue weighted by Crippen LogP contribution is -2.50. The van der Waals surface area contributed by atoms with Crippen LogP contribution in [0.5, 0.6) is 0 Å². The summed E-state index contributed by atoms with van der Waals surface area (Å²) < 4.78 is 38.5. The second kappa shape index (κ2) is 8.61. The third kappa shape index (κ3) is 5.45. The van der Waals surface area contributed by atoms with Gasteiger partial charge in [-0.25, -0.2) is 0 Å². The zero-order valence-corrected chi connectivity index (χ0v) is 15.8. The van der Waals surface area contributed by atoms with Crippen molar-refractivity contribution in [1.29, 1.82) is 0 Å². The smallest absolute Gasteiger partial charge is 0.340 e. The number of hydrogen-bond donors (Lipinski definition) is 0. The Hall–Kier alpha value is -1.60. The standard InChI is InChI=1S/C20H28F3N3O/c1-24-8-3-2-7-18(24)14-19(27)26-11-9-25(10-12-26)15-16-5-4-6-17(13-16)20(21,22)23/h4-6,13,18H,2-3,7-12,14-15H2,1H3. The molecule has 0 aromatic heterocycles. The average molecular weight is 383 g/mol. The third-order valence-corrected chi connectivity index (χ3v) is 5.72. The molecule has 2 fully saturated rings. The predicted octanol–water partition coefficient (Wildman–Crippen LogP) is 3.22. The van der Waals surface area contributed by atoms with E-state index in [0.717, 1.165) is 19.0 Å². The lowest BCUT2D eigenvalue weighted by atomic mass is 9.99. The van der Waals surface area contributed by atoms with E-state index < -0.39 is 11.7 Å². The first kappa shape index (κ1) is 20.1. The number of benzene rings is 1. The van der Waals surface area contributed by atoms with E-state index in [1.54, 1.807) is 6.07 Å². The van der Waals surface area contributed by atoms with Crippen LogP contribution < -0.4 is 0 Å². The highest BCUT2D eigenvalue weighted by atomic mass is 19.4. The van der Waals surface area contributed by atoms with Gasteiger partial charge >= 0.3 is 6.18 Å². The van der Waals surface area contributed by atoms with Gasteiger partial charge in [0.05, 0.1) is 5.56 Å². The number of halogens is 3. The molecule has 0 spiro atoms. The fraction of sp³-hybridized carbons (Fsp3) is 0.650. The summed E-state index contributed by atoms with van der Waals surface area (Å²) in [6, 6.07) is 5.85. The Balaban J connectivity index is 1.48. The van der Waals surface area contributed by atoms with E-state index in [4.69, 9.17) is 0 Å². The highest BCUT2D eigenvalue weighted by Crippen LogP contribution is 2.29. The van der Waals surface area contributed by atoms with Gasteiger partial charge in [0, 0.05) is 45.2 Å². The summed E-state index contributed by atoms with van der Waals surface area (Å²) in [5.74, 6) is 0.201. The molecular weight excluding hydrogens is 355 g/mol. The van der Waals surface area contributed by atoms with E-state index in [-0.39, 0.29) is 5.91 Å². The average Bonchev–Trinajstić information content (AvgIpc) is 2.64. The van der Waals surface area contributed by atoms with Crippen molar-refractivity contribution in [1.82, 2.24) is 14.7 Å². The van der Waals surface area contributed by atoms with E-state index in [1.807, 2.05) is 4.90 Å². The SMILES string of the molecule is CN1CCCCC1CC(=O)N1CCN(Cc2cccc(C(F)(F)F)c2)CC1. The number of piperazine rings is 1. The van der Waals surface area contributed by atoms with Gasteiger partial charge in [0.15, 0.2) is 0 Å². The van der Waals surface area contributed by atoms with Crippen molar-refractivity contribution in [3.05, 3.63) is 35.4 Å². The van der Waals surface area contributed by atoms with Crippen molar-refractivity contribution in [2.45, 2.75) is 44.4 Å². The molecule has 1 aromatic rings. The number of alkyl halides is 3. The largest absolute Gasteiger partial charge is 0.416 e. The lowest BCUT2D eigenvalue weighted by molar-refractivity contribution is -0.138. The minimum Gasteiger partial charge on any atom is -0.340 e. The summed E-state index contributed by atoms with van der Waals surface area (Å²) in [4.78, 5) is 18.9. The van der Waals surface area contributed by atoms with Gasteiger partial charge in [-0.15, -0.1) is 0 Å². The molecule has 0 aliphatic carbocycles. The zero-order chi connectivity index (χ0) is 19.4. The van der Waals surface area contributed by atoms with Crippen molar-refractivity contribution < 1.29 is 18.0 Å². The van der Waals surface area contributed by atoms with Crippen LogP contribution in [0.2, 0.25) is 0 Å². The molecular formula is C20H28F3N3O. The summed E-state index contributed by atoms with van der Waals surface area (Å²) in [5.41, 5.74) is 0.0545. The molecule has 1 amide bonds. The number of piperidine rings is 1. The van der Waals surface area contributed by atoms with Crippen LogP contribution in [-0.4, -0.2) is 66.4 Å². The number of rotatable bonds is 4. The second-order valence-corrected chi connectivity index (χ2v) is 7.69. The second-order valence-electron chi connectivity index (χ2n) is 7.69. The molecule has 1 aromatic carbocycles. The Kier molecular flexibility index (Phi) is 6.42. The molecule has 0 bridgehead atoms. The summed E-state index contributed by atoms with van der Waals surface area (Å²) in [5, 5.41) is 0. The summed E-state index contributed by atoms with van der Waals surface area (Å²) in [7, 11) is 2.09. The third-order valence-electron chi connectivity index (χ3n) is 5.72. The van der Waals surface area contributed by atoms with Gasteiger partial charge in [0.25, 0.3) is 0 Å². The van der Waals surface area contributed by atoms with Gasteiger partial charge < -0.3 is 9.80 Å². The Labute approximate surface area is 158 Å². The molecule has 1 unspecified atom stereocenters. The topological polar surface area (TPSA) is 26.8 Å². The van der Waals surface area contributed by atoms with Gasteiger partial charge in [-0.1, -0.05) is 24.6 Å². The first-order chi connectivity index (χ1) is 12.8. The van der Waals surface area contributed by atoms with E-state index in [0.29, 0.717) is 50.7 Å². The molecule has 150 valence electrons. The van der Waals surface area contributed by atoms with Crippen molar-refractivity contribution in [2.75, 3.05) is 39.8 Å². The van der Waals surface area contributed by atoms with Gasteiger partial charge in [-0.05, 0) is 38.1 Å². The molecule has 1 atom stereocenters. The van der Waals surface area contributed by atoms with E-state index in [2.05, 4.69) is 16.8 Å². The molecule has 2 heterocycles. The maximum atomic E-state index is 12.8. The molecule has 27 heavy (non-hydrogen) atoms. The number of carbonyl (C=O) groups is 1. The van der Waals surface area contributed by atoms with Gasteiger partial charge in [-0.3, -0.25) is 9.69 Å². The molecule has 2 saturated heterocycles. The predicted molar refractivity (Wildman–Crippen MR) is 98.2 cm³/mol. The number of likely N-dealkylation sites (tertiary alicyclic amines) is 1. The van der Waals surface area contributed by atoms with Crippen LogP contribution in [0.4, 0.5) is 13.2 Å². The van der Waals surface area contributed by atoms with Gasteiger partial charge in [0.1, 0.15) is 0 Å². The maximum Gasteiger partial charge on any atom is 0.416 e. The van der Waals surface area contributed by atoms with Crippen molar-refractivity contribution in [3.63, 3.8) is 0 Å². The first-order valence-corrected chi connectivity index (χ1v) is 9.69. The summed E-state index contributed by atoms with van der Waals surface area (Å²) >= 11 is 0. The van der Waals surface area contributed by atoms with Crippen molar-refractivity contribution in [3.8, 4) is 0 Å². The van der Waals surface area contributed by atoms with Crippen LogP contribution in [0.25, 0.3) is 0 Å². The van der Waals surface area contributed by atoms with Crippen LogP contribution in [-0.2, 0) is 17.5 Å². The Morgan fingerprint density at radius 2 is 1.85 bits per heavy atom. The maximum absolute atomic E-state index is 12.8. The number of hydrogen-bond acceptors (Lipinski definition) is 3. The molecule has 0 saturated carbocycles. The highest BCUT2D eigenvalue weighted by Gasteiger charge is 2.31. The van der Waals surface area contributed by atoms with Gasteiger partial charge in [0.2, 0.25) is 5.91 Å². The lowest BCUT2D eigenvalue weighted by Gasteiger charge is -2.37. The molecule has 2 aliphatic rings. The van der Waals surface area contributed by atoms with E-state index >= 15 is 0 Å². The van der Waals surface area contributed by atoms with Crippen LogP contribution in [0.3, 0.4) is 0 Å². The molecule has 4 nitrogen and oxygen atoms in total. The Bertz CT molecular complexity index is 642. The van der Waals surface area contributed by atoms with Crippen LogP contribution in [0.15, 0.2) is 24.3 Å². The monoisotopic (exact) mass is 383 g/mol. The number of nitrogens with zero attached hydrogens (tertiary/aromatic N) is 3. The molecule has 0 radical (unpaired) electrons. The number of amides is 1. The normalized spacial score (nSPS) is 22.8. The molecule has 7 heteroatoms. The Morgan fingerprint density at radius 1 is 1.11 bits per heavy atom. The number of carbonyl (C=O) groups excluding carboxylic acids is 1. The van der Waals surface area contributed by atoms with Crippen LogP contribution in [0.1, 0.15) is 36.8 Å². The van der Waals surface area contributed by atoms with Crippen LogP contribution in [0, 0.1) is 0 Å². The quantitative estimate of drug-likeness (QED) is 0.799. The summed E-state index contributed by atoms with van der Waals surface area (Å²) in [6.07, 6.45) is -0.266. The fourth-order valence-electron chi connectivity index (χ4n) is 3.99. The van der Waals surface area contributed by atoms with Crippen LogP contribution >= 0.6 is 0 Å². The zero-order valence-electron chi connectivity index (χ0n) is 15.8. The molecule has 0 N–H and O–H groups in total. The molecule has 2 aliphatic heterocycles. The van der Waals surface area contributed by atoms with E-state index in [9.17, 15) is 18.0 Å². The summed E-state index contributed by atoms with van der Waals surface area (Å²) in [6.45, 7) is 4.23. The van der Waals surface area contributed by atoms with E-state index in [1.165, 1.54) is 25.0 Å². The van der Waals surface area contributed by atoms with Crippen molar-refractivity contribution >= 4 is 5.91 Å². The fourth-order valence-corrected chi connectivity index (χ4v) is 3.99. The minimum atomic E-state index is -4.31. The van der Waals surface area contributed by atoms with Gasteiger partial charge in [-0.2, -0.15) is 13.2 Å². The minimum absolute atomic E-state index is 0.201. The Morgan fingerprint density at radius 3 is 2.52 bits per heavy atom.